The Morgan fingerprint density at radius 1 is 1.09 bits per heavy atom. The number of rotatable bonds is 1. The number of hydrogen-bond acceptors (Lipinski definition) is 1. The van der Waals surface area contributed by atoms with Crippen LogP contribution in [0.3, 0.4) is 0 Å². The maximum atomic E-state index is 3.03. The molecule has 57 valence electrons. The SMILES string of the molecule is [c]1ccc(N2CCCC2)cc1. The minimum atomic E-state index is 1.23. The van der Waals surface area contributed by atoms with Gasteiger partial charge in [0.1, 0.15) is 0 Å². The minimum Gasteiger partial charge on any atom is -0.372 e. The van der Waals surface area contributed by atoms with E-state index in [0.29, 0.717) is 0 Å². The first-order valence-corrected chi connectivity index (χ1v) is 4.18. The predicted molar refractivity (Wildman–Crippen MR) is 46.7 cm³/mol. The number of anilines is 1. The normalized spacial score (nSPS) is 17.3. The molecule has 1 heteroatoms. The van der Waals surface area contributed by atoms with Crippen LogP contribution in [0.1, 0.15) is 12.8 Å². The first-order valence-electron chi connectivity index (χ1n) is 4.18. The van der Waals surface area contributed by atoms with Gasteiger partial charge in [0.2, 0.25) is 0 Å². The van der Waals surface area contributed by atoms with Gasteiger partial charge in [-0.1, -0.05) is 12.1 Å². The second kappa shape index (κ2) is 2.95. The largest absolute Gasteiger partial charge is 0.372 e. The van der Waals surface area contributed by atoms with Crippen LogP contribution in [0.4, 0.5) is 5.69 Å². The van der Waals surface area contributed by atoms with Crippen molar-refractivity contribution in [2.45, 2.75) is 12.8 Å². The Balaban J connectivity index is 2.16. The highest BCUT2D eigenvalue weighted by Gasteiger charge is 2.10. The van der Waals surface area contributed by atoms with Crippen LogP contribution in [0.5, 0.6) is 0 Å². The summed E-state index contributed by atoms with van der Waals surface area (Å²) >= 11 is 0. The van der Waals surface area contributed by atoms with Crippen molar-refractivity contribution in [3.63, 3.8) is 0 Å². The van der Waals surface area contributed by atoms with E-state index in [-0.39, 0.29) is 0 Å². The Hall–Kier alpha value is -0.980. The van der Waals surface area contributed by atoms with Crippen LogP contribution < -0.4 is 4.90 Å². The van der Waals surface area contributed by atoms with Crippen LogP contribution in [-0.2, 0) is 0 Å². The molecule has 2 rings (SSSR count). The Labute approximate surface area is 67.6 Å². The molecular formula is C10H12N. The second-order valence-electron chi connectivity index (χ2n) is 2.95. The highest BCUT2D eigenvalue weighted by Crippen LogP contribution is 2.18. The van der Waals surface area contributed by atoms with Crippen molar-refractivity contribution < 1.29 is 0 Å². The van der Waals surface area contributed by atoms with Gasteiger partial charge < -0.3 is 4.90 Å². The molecule has 11 heavy (non-hydrogen) atoms. The molecular weight excluding hydrogens is 134 g/mol. The Morgan fingerprint density at radius 3 is 2.36 bits per heavy atom. The quantitative estimate of drug-likeness (QED) is 0.586. The van der Waals surface area contributed by atoms with E-state index in [1.165, 1.54) is 31.6 Å². The van der Waals surface area contributed by atoms with E-state index in [4.69, 9.17) is 0 Å². The third kappa shape index (κ3) is 1.37. The minimum absolute atomic E-state index is 1.23. The molecule has 1 aliphatic rings. The van der Waals surface area contributed by atoms with Gasteiger partial charge in [-0.3, -0.25) is 0 Å². The highest BCUT2D eigenvalue weighted by atomic mass is 15.1. The average molecular weight is 146 g/mol. The van der Waals surface area contributed by atoms with Crippen molar-refractivity contribution in [1.82, 2.24) is 0 Å². The van der Waals surface area contributed by atoms with E-state index in [2.05, 4.69) is 23.1 Å². The highest BCUT2D eigenvalue weighted by molar-refractivity contribution is 5.46. The molecule has 1 fully saturated rings. The molecule has 1 saturated heterocycles. The van der Waals surface area contributed by atoms with E-state index >= 15 is 0 Å². The second-order valence-corrected chi connectivity index (χ2v) is 2.95. The molecule has 0 unspecified atom stereocenters. The van der Waals surface area contributed by atoms with Crippen LogP contribution in [0.25, 0.3) is 0 Å². The van der Waals surface area contributed by atoms with E-state index in [9.17, 15) is 0 Å². The van der Waals surface area contributed by atoms with Crippen molar-refractivity contribution in [2.24, 2.45) is 0 Å². The average Bonchev–Trinajstić information content (AvgIpc) is 2.58. The third-order valence-electron chi connectivity index (χ3n) is 2.17. The van der Waals surface area contributed by atoms with Crippen LogP contribution in [-0.4, -0.2) is 13.1 Å². The maximum Gasteiger partial charge on any atom is 0.0366 e. The zero-order valence-corrected chi connectivity index (χ0v) is 6.59. The summed E-state index contributed by atoms with van der Waals surface area (Å²) in [5.74, 6) is 0. The Morgan fingerprint density at radius 2 is 1.73 bits per heavy atom. The molecule has 1 aliphatic heterocycles. The molecule has 1 aromatic rings. The van der Waals surface area contributed by atoms with Gasteiger partial charge in [-0.2, -0.15) is 0 Å². The van der Waals surface area contributed by atoms with Gasteiger partial charge in [0.15, 0.2) is 0 Å². The van der Waals surface area contributed by atoms with Gasteiger partial charge >= 0.3 is 0 Å². The van der Waals surface area contributed by atoms with Crippen molar-refractivity contribution in [1.29, 1.82) is 0 Å². The molecule has 0 bridgehead atoms. The summed E-state index contributed by atoms with van der Waals surface area (Å²) in [5.41, 5.74) is 1.35. The Bertz CT molecular complexity index is 212. The smallest absolute Gasteiger partial charge is 0.0366 e. The first-order chi connectivity index (χ1) is 5.47. The van der Waals surface area contributed by atoms with Crippen molar-refractivity contribution in [3.8, 4) is 0 Å². The van der Waals surface area contributed by atoms with Crippen molar-refractivity contribution in [2.75, 3.05) is 18.0 Å². The summed E-state index contributed by atoms with van der Waals surface area (Å²) in [4.78, 5) is 2.42. The molecule has 0 atom stereocenters. The molecule has 0 amide bonds. The molecule has 0 aliphatic carbocycles. The first kappa shape index (κ1) is 6.71. The Kier molecular flexibility index (Phi) is 1.80. The monoisotopic (exact) mass is 146 g/mol. The zero-order chi connectivity index (χ0) is 7.52. The van der Waals surface area contributed by atoms with Gasteiger partial charge in [-0.05, 0) is 31.0 Å². The molecule has 0 N–H and O–H groups in total. The van der Waals surface area contributed by atoms with Crippen molar-refractivity contribution >= 4 is 5.69 Å². The lowest BCUT2D eigenvalue weighted by Crippen LogP contribution is -2.16. The van der Waals surface area contributed by atoms with Gasteiger partial charge in [0, 0.05) is 18.8 Å². The van der Waals surface area contributed by atoms with Gasteiger partial charge in [0.05, 0.1) is 0 Å². The molecule has 0 spiro atoms. The molecule has 1 nitrogen and oxygen atoms in total. The van der Waals surface area contributed by atoms with Crippen LogP contribution in [0.2, 0.25) is 0 Å². The van der Waals surface area contributed by atoms with Crippen LogP contribution >= 0.6 is 0 Å². The standard InChI is InChI=1S/C10H12N/c1-2-6-10(7-3-1)11-8-4-5-9-11/h2-3,6-7H,4-5,8-9H2. The summed E-state index contributed by atoms with van der Waals surface area (Å²) in [6.45, 7) is 2.45. The lowest BCUT2D eigenvalue weighted by atomic mass is 10.3. The van der Waals surface area contributed by atoms with Gasteiger partial charge in [-0.15, -0.1) is 0 Å². The van der Waals surface area contributed by atoms with E-state index in [1.54, 1.807) is 0 Å². The number of benzene rings is 1. The lowest BCUT2D eigenvalue weighted by molar-refractivity contribution is 0.949. The summed E-state index contributed by atoms with van der Waals surface area (Å²) in [6, 6.07) is 11.2. The molecule has 1 aromatic carbocycles. The summed E-state index contributed by atoms with van der Waals surface area (Å²) in [7, 11) is 0. The third-order valence-corrected chi connectivity index (χ3v) is 2.17. The topological polar surface area (TPSA) is 3.24 Å². The molecule has 1 heterocycles. The van der Waals surface area contributed by atoms with E-state index in [0.717, 1.165) is 0 Å². The fraction of sp³-hybridized carbons (Fsp3) is 0.400. The summed E-state index contributed by atoms with van der Waals surface area (Å²) in [6.07, 6.45) is 2.69. The van der Waals surface area contributed by atoms with Gasteiger partial charge in [0.25, 0.3) is 0 Å². The zero-order valence-electron chi connectivity index (χ0n) is 6.59. The molecule has 1 radical (unpaired) electrons. The molecule has 0 aromatic heterocycles. The lowest BCUT2D eigenvalue weighted by Gasteiger charge is -2.16. The number of hydrogen-bond donors (Lipinski definition) is 0. The van der Waals surface area contributed by atoms with Crippen molar-refractivity contribution in [3.05, 3.63) is 30.3 Å². The fourth-order valence-corrected chi connectivity index (χ4v) is 1.56. The number of nitrogens with zero attached hydrogens (tertiary/aromatic N) is 1. The van der Waals surface area contributed by atoms with Gasteiger partial charge in [-0.25, -0.2) is 0 Å². The van der Waals surface area contributed by atoms with Crippen LogP contribution in [0, 0.1) is 6.07 Å². The fourth-order valence-electron chi connectivity index (χ4n) is 1.56. The van der Waals surface area contributed by atoms with E-state index < -0.39 is 0 Å². The summed E-state index contributed by atoms with van der Waals surface area (Å²) in [5, 5.41) is 0. The maximum absolute atomic E-state index is 3.03. The summed E-state index contributed by atoms with van der Waals surface area (Å²) < 4.78 is 0. The van der Waals surface area contributed by atoms with E-state index in [1.807, 2.05) is 12.1 Å². The predicted octanol–water partition coefficient (Wildman–Crippen LogP) is 2.09. The van der Waals surface area contributed by atoms with Crippen LogP contribution in [0.15, 0.2) is 24.3 Å². The molecule has 0 saturated carbocycles.